The fourth-order valence-electron chi connectivity index (χ4n) is 1.21. The molecule has 1 aromatic carbocycles. The van der Waals surface area contributed by atoms with Crippen LogP contribution in [0.4, 0.5) is 4.39 Å². The number of hydrogen-bond donors (Lipinski definition) is 0. The van der Waals surface area contributed by atoms with Crippen molar-refractivity contribution in [2.45, 2.75) is 5.88 Å². The zero-order chi connectivity index (χ0) is 9.42. The van der Waals surface area contributed by atoms with Gasteiger partial charge in [0.2, 0.25) is 0 Å². The van der Waals surface area contributed by atoms with E-state index < -0.39 is 0 Å². The molecule has 0 aliphatic rings. The first-order valence-corrected chi connectivity index (χ1v) is 6.07. The van der Waals surface area contributed by atoms with Gasteiger partial charge in [-0.3, -0.25) is 0 Å². The van der Waals surface area contributed by atoms with Crippen LogP contribution in [-0.4, -0.2) is 0 Å². The molecule has 1 heterocycles. The molecule has 0 saturated carbocycles. The highest BCUT2D eigenvalue weighted by molar-refractivity contribution is 14.1. The lowest BCUT2D eigenvalue weighted by molar-refractivity contribution is 0.658. The van der Waals surface area contributed by atoms with Crippen molar-refractivity contribution < 1.29 is 4.39 Å². The largest absolute Gasteiger partial charge is 0.195 e. The van der Waals surface area contributed by atoms with Gasteiger partial charge in [-0.15, -0.1) is 22.9 Å². The minimum absolute atomic E-state index is 0.139. The van der Waals surface area contributed by atoms with Crippen molar-refractivity contribution in [3.05, 3.63) is 32.5 Å². The van der Waals surface area contributed by atoms with Crippen molar-refractivity contribution >= 4 is 55.6 Å². The third-order valence-electron chi connectivity index (χ3n) is 1.75. The standard InChI is InChI=1S/C9H5ClFIS/c10-4-5-1-6-3-8(11)13-9(6)7(12)2-5/h1-3H,4H2. The van der Waals surface area contributed by atoms with Crippen LogP contribution in [-0.2, 0) is 5.88 Å². The van der Waals surface area contributed by atoms with Crippen molar-refractivity contribution in [3.8, 4) is 0 Å². The first-order valence-electron chi connectivity index (χ1n) is 3.64. The minimum atomic E-state index is -0.139. The molecule has 0 spiro atoms. The molecule has 2 rings (SSSR count). The molecule has 0 N–H and O–H groups in total. The molecule has 0 bridgehead atoms. The van der Waals surface area contributed by atoms with Crippen molar-refractivity contribution in [2.24, 2.45) is 0 Å². The van der Waals surface area contributed by atoms with Crippen molar-refractivity contribution in [1.29, 1.82) is 0 Å². The quantitative estimate of drug-likeness (QED) is 0.539. The Morgan fingerprint density at radius 1 is 1.38 bits per heavy atom. The van der Waals surface area contributed by atoms with Gasteiger partial charge in [0.1, 0.15) is 0 Å². The van der Waals surface area contributed by atoms with Gasteiger partial charge in [0.15, 0.2) is 5.13 Å². The second-order valence-electron chi connectivity index (χ2n) is 2.68. The van der Waals surface area contributed by atoms with Gasteiger partial charge in [-0.25, -0.2) is 0 Å². The molecular weight excluding hydrogens is 322 g/mol. The normalized spacial score (nSPS) is 11.0. The summed E-state index contributed by atoms with van der Waals surface area (Å²) in [7, 11) is 0. The fourth-order valence-corrected chi connectivity index (χ4v) is 3.18. The van der Waals surface area contributed by atoms with Gasteiger partial charge in [-0.05, 0) is 51.7 Å². The Morgan fingerprint density at radius 2 is 2.15 bits per heavy atom. The van der Waals surface area contributed by atoms with Gasteiger partial charge < -0.3 is 0 Å². The highest BCUT2D eigenvalue weighted by Crippen LogP contribution is 2.30. The predicted octanol–water partition coefficient (Wildman–Crippen LogP) is 4.38. The Balaban J connectivity index is 2.75. The average Bonchev–Trinajstić information content (AvgIpc) is 2.46. The van der Waals surface area contributed by atoms with Crippen LogP contribution in [0.25, 0.3) is 10.1 Å². The van der Waals surface area contributed by atoms with Gasteiger partial charge in [0.05, 0.1) is 4.70 Å². The van der Waals surface area contributed by atoms with E-state index in [1.165, 1.54) is 11.3 Å². The second kappa shape index (κ2) is 3.71. The van der Waals surface area contributed by atoms with E-state index in [2.05, 4.69) is 22.6 Å². The molecule has 0 aliphatic heterocycles. The Labute approximate surface area is 97.8 Å². The topological polar surface area (TPSA) is 0 Å². The lowest BCUT2D eigenvalue weighted by Gasteiger charge is -1.97. The number of fused-ring (bicyclic) bond motifs is 1. The Bertz CT molecular complexity index is 452. The number of rotatable bonds is 1. The zero-order valence-electron chi connectivity index (χ0n) is 6.48. The van der Waals surface area contributed by atoms with Crippen molar-refractivity contribution in [1.82, 2.24) is 0 Å². The molecule has 1 aromatic heterocycles. The first-order chi connectivity index (χ1) is 6.20. The summed E-state index contributed by atoms with van der Waals surface area (Å²) >= 11 is 9.10. The molecule has 0 aliphatic carbocycles. The van der Waals surface area contributed by atoms with Crippen molar-refractivity contribution in [2.75, 3.05) is 0 Å². The van der Waals surface area contributed by atoms with Crippen LogP contribution >= 0.6 is 45.5 Å². The molecule has 0 atom stereocenters. The van der Waals surface area contributed by atoms with E-state index in [0.717, 1.165) is 19.2 Å². The van der Waals surface area contributed by atoms with Crippen LogP contribution in [0.3, 0.4) is 0 Å². The molecule has 0 unspecified atom stereocenters. The summed E-state index contributed by atoms with van der Waals surface area (Å²) in [6.07, 6.45) is 0. The maximum Gasteiger partial charge on any atom is 0.177 e. The predicted molar refractivity (Wildman–Crippen MR) is 64.1 cm³/mol. The van der Waals surface area contributed by atoms with E-state index in [-0.39, 0.29) is 5.13 Å². The molecule has 13 heavy (non-hydrogen) atoms. The smallest absolute Gasteiger partial charge is 0.177 e. The van der Waals surface area contributed by atoms with Gasteiger partial charge >= 0.3 is 0 Å². The average molecular weight is 327 g/mol. The van der Waals surface area contributed by atoms with Crippen LogP contribution in [0.1, 0.15) is 5.56 Å². The number of hydrogen-bond acceptors (Lipinski definition) is 1. The molecule has 0 saturated heterocycles. The van der Waals surface area contributed by atoms with Crippen LogP contribution in [0, 0.1) is 8.70 Å². The van der Waals surface area contributed by atoms with Gasteiger partial charge in [0.25, 0.3) is 0 Å². The van der Waals surface area contributed by atoms with Crippen molar-refractivity contribution in [3.63, 3.8) is 0 Å². The summed E-state index contributed by atoms with van der Waals surface area (Å²) < 4.78 is 15.0. The van der Waals surface area contributed by atoms with Gasteiger partial charge in [-0.2, -0.15) is 4.39 Å². The number of thiophene rings is 1. The van der Waals surface area contributed by atoms with Crippen LogP contribution in [0.5, 0.6) is 0 Å². The maximum atomic E-state index is 12.9. The Kier molecular flexibility index (Phi) is 2.76. The van der Waals surface area contributed by atoms with E-state index in [9.17, 15) is 4.39 Å². The van der Waals surface area contributed by atoms with E-state index in [1.54, 1.807) is 6.07 Å². The zero-order valence-corrected chi connectivity index (χ0v) is 10.2. The molecule has 0 radical (unpaired) electrons. The molecule has 2 aromatic rings. The van der Waals surface area contributed by atoms with Crippen LogP contribution < -0.4 is 0 Å². The van der Waals surface area contributed by atoms with Crippen LogP contribution in [0.15, 0.2) is 18.2 Å². The van der Waals surface area contributed by atoms with Crippen LogP contribution in [0.2, 0.25) is 0 Å². The monoisotopic (exact) mass is 326 g/mol. The summed E-state index contributed by atoms with van der Waals surface area (Å²) in [5, 5.41) is 0.810. The molecule has 68 valence electrons. The van der Waals surface area contributed by atoms with Gasteiger partial charge in [0, 0.05) is 9.45 Å². The lowest BCUT2D eigenvalue weighted by Crippen LogP contribution is -1.79. The highest BCUT2D eigenvalue weighted by atomic mass is 127. The lowest BCUT2D eigenvalue weighted by atomic mass is 10.2. The molecule has 0 nitrogen and oxygen atoms in total. The molecular formula is C9H5ClFIS. The summed E-state index contributed by atoms with van der Waals surface area (Å²) in [6, 6.07) is 5.48. The number of benzene rings is 1. The molecule has 0 fully saturated rings. The Hall–Kier alpha value is 0.130. The Morgan fingerprint density at radius 3 is 2.85 bits per heavy atom. The SMILES string of the molecule is Fc1cc2cc(CCl)cc(I)c2s1. The third-order valence-corrected chi connectivity index (χ3v) is 4.25. The number of alkyl halides is 1. The van der Waals surface area contributed by atoms with Gasteiger partial charge in [-0.1, -0.05) is 0 Å². The third kappa shape index (κ3) is 1.82. The van der Waals surface area contributed by atoms with E-state index >= 15 is 0 Å². The minimum Gasteiger partial charge on any atom is -0.195 e. The molecule has 4 heteroatoms. The van der Waals surface area contributed by atoms with E-state index in [1.807, 2.05) is 12.1 Å². The molecule has 0 amide bonds. The van der Waals surface area contributed by atoms with E-state index in [4.69, 9.17) is 11.6 Å². The second-order valence-corrected chi connectivity index (χ2v) is 5.11. The highest BCUT2D eigenvalue weighted by Gasteiger charge is 2.06. The fraction of sp³-hybridized carbons (Fsp3) is 0.111. The first kappa shape index (κ1) is 9.68. The summed E-state index contributed by atoms with van der Waals surface area (Å²) in [4.78, 5) is 0. The summed E-state index contributed by atoms with van der Waals surface area (Å²) in [6.45, 7) is 0. The number of halogens is 3. The summed E-state index contributed by atoms with van der Waals surface area (Å²) in [5.41, 5.74) is 1.04. The van der Waals surface area contributed by atoms with E-state index in [0.29, 0.717) is 5.88 Å². The maximum absolute atomic E-state index is 12.9. The summed E-state index contributed by atoms with van der Waals surface area (Å²) in [5.74, 6) is 0.476.